The predicted molar refractivity (Wildman–Crippen MR) is 79.0 cm³/mol. The van der Waals surface area contributed by atoms with Crippen molar-refractivity contribution in [1.29, 1.82) is 0 Å². The maximum absolute atomic E-state index is 11.7. The molecule has 4 nitrogen and oxygen atoms in total. The summed E-state index contributed by atoms with van der Waals surface area (Å²) >= 11 is 1.55. The molecule has 2 rings (SSSR count). The number of para-hydroxylation sites is 1. The summed E-state index contributed by atoms with van der Waals surface area (Å²) in [6.07, 6.45) is 3.81. The first-order valence-corrected chi connectivity index (χ1v) is 7.22. The second kappa shape index (κ2) is 6.43. The maximum Gasteiger partial charge on any atom is 0.275 e. The van der Waals surface area contributed by atoms with E-state index in [4.69, 9.17) is 0 Å². The molecule has 19 heavy (non-hydrogen) atoms. The largest absolute Gasteiger partial charge is 0.507 e. The standard InChI is InChI=1S/C14H16N2O2S/c1-2-3-8-19-14-15-11(13(18)16-14)9-10-6-4-5-7-12(10)17/h4-7,9,17H,2-3,8H2,1H3,(H,15,16,18)/b11-9-. The van der Waals surface area contributed by atoms with E-state index < -0.39 is 0 Å². The van der Waals surface area contributed by atoms with Gasteiger partial charge in [-0.1, -0.05) is 43.3 Å². The smallest absolute Gasteiger partial charge is 0.275 e. The molecule has 1 heterocycles. The Hall–Kier alpha value is -1.75. The van der Waals surface area contributed by atoms with Gasteiger partial charge < -0.3 is 5.11 Å². The number of aromatic hydroxyl groups is 1. The second-order valence-corrected chi connectivity index (χ2v) is 5.25. The van der Waals surface area contributed by atoms with Crippen LogP contribution in [0.25, 0.3) is 6.08 Å². The quantitative estimate of drug-likeness (QED) is 0.656. The fourth-order valence-electron chi connectivity index (χ4n) is 1.59. The monoisotopic (exact) mass is 276 g/mol. The van der Waals surface area contributed by atoms with Crippen molar-refractivity contribution in [1.82, 2.24) is 5.32 Å². The molecule has 1 aromatic rings. The van der Waals surface area contributed by atoms with Gasteiger partial charge in [-0.25, -0.2) is 4.99 Å². The van der Waals surface area contributed by atoms with Gasteiger partial charge in [0.25, 0.3) is 5.91 Å². The number of phenols is 1. The zero-order valence-corrected chi connectivity index (χ0v) is 11.5. The van der Waals surface area contributed by atoms with Gasteiger partial charge in [0.05, 0.1) is 0 Å². The van der Waals surface area contributed by atoms with Crippen LogP contribution in [0.2, 0.25) is 0 Å². The Balaban J connectivity index is 2.12. The number of amidine groups is 1. The molecule has 1 aromatic carbocycles. The van der Waals surface area contributed by atoms with Crippen LogP contribution in [0.1, 0.15) is 25.3 Å². The summed E-state index contributed by atoms with van der Waals surface area (Å²) in [6.45, 7) is 2.12. The summed E-state index contributed by atoms with van der Waals surface area (Å²) in [5, 5.41) is 13.0. The molecular formula is C14H16N2O2S. The number of unbranched alkanes of at least 4 members (excludes halogenated alkanes) is 1. The molecule has 0 atom stereocenters. The van der Waals surface area contributed by atoms with E-state index in [0.29, 0.717) is 16.4 Å². The predicted octanol–water partition coefficient (Wildman–Crippen LogP) is 2.75. The van der Waals surface area contributed by atoms with Crippen LogP contribution in [0.5, 0.6) is 5.75 Å². The average Bonchev–Trinajstić information content (AvgIpc) is 2.73. The van der Waals surface area contributed by atoms with Gasteiger partial charge in [0.15, 0.2) is 5.17 Å². The Morgan fingerprint density at radius 1 is 1.42 bits per heavy atom. The van der Waals surface area contributed by atoms with E-state index in [1.807, 2.05) is 0 Å². The van der Waals surface area contributed by atoms with E-state index in [1.165, 1.54) is 0 Å². The molecule has 1 aliphatic heterocycles. The first kappa shape index (κ1) is 13.7. The molecule has 0 saturated carbocycles. The molecule has 2 N–H and O–H groups in total. The molecule has 0 aromatic heterocycles. The van der Waals surface area contributed by atoms with E-state index in [0.717, 1.165) is 18.6 Å². The third kappa shape index (κ3) is 3.61. The number of carbonyl (C=O) groups is 1. The number of rotatable bonds is 4. The number of nitrogens with zero attached hydrogens (tertiary/aromatic N) is 1. The summed E-state index contributed by atoms with van der Waals surface area (Å²) < 4.78 is 0. The highest BCUT2D eigenvalue weighted by Crippen LogP contribution is 2.22. The van der Waals surface area contributed by atoms with Crippen LogP contribution in [0.15, 0.2) is 35.0 Å². The summed E-state index contributed by atoms with van der Waals surface area (Å²) in [4.78, 5) is 16.0. The number of phenolic OH excluding ortho intramolecular Hbond substituents is 1. The second-order valence-electron chi connectivity index (χ2n) is 4.16. The van der Waals surface area contributed by atoms with Crippen molar-refractivity contribution >= 4 is 28.9 Å². The molecule has 1 aliphatic rings. The van der Waals surface area contributed by atoms with Crippen molar-refractivity contribution in [2.45, 2.75) is 19.8 Å². The Morgan fingerprint density at radius 2 is 2.21 bits per heavy atom. The van der Waals surface area contributed by atoms with Crippen LogP contribution in [-0.4, -0.2) is 21.9 Å². The molecule has 0 aliphatic carbocycles. The Bertz CT molecular complexity index is 538. The molecule has 0 fully saturated rings. The molecule has 0 bridgehead atoms. The number of amides is 1. The highest BCUT2D eigenvalue weighted by atomic mass is 32.2. The lowest BCUT2D eigenvalue weighted by Crippen LogP contribution is -2.21. The number of hydrogen-bond acceptors (Lipinski definition) is 4. The van der Waals surface area contributed by atoms with Gasteiger partial charge in [-0.15, -0.1) is 0 Å². The van der Waals surface area contributed by atoms with Crippen molar-refractivity contribution in [3.05, 3.63) is 35.5 Å². The number of carbonyl (C=O) groups excluding carboxylic acids is 1. The summed E-state index contributed by atoms with van der Waals surface area (Å²) in [5.74, 6) is 0.867. The Morgan fingerprint density at radius 3 is 2.95 bits per heavy atom. The van der Waals surface area contributed by atoms with Crippen molar-refractivity contribution < 1.29 is 9.90 Å². The van der Waals surface area contributed by atoms with Gasteiger partial charge in [-0.05, 0) is 18.6 Å². The Labute approximate surface area is 116 Å². The van der Waals surface area contributed by atoms with Crippen LogP contribution >= 0.6 is 11.8 Å². The molecular weight excluding hydrogens is 260 g/mol. The minimum Gasteiger partial charge on any atom is -0.507 e. The number of nitrogens with one attached hydrogen (secondary N) is 1. The average molecular weight is 276 g/mol. The van der Waals surface area contributed by atoms with Crippen molar-refractivity contribution in [2.75, 3.05) is 5.75 Å². The van der Waals surface area contributed by atoms with Crippen LogP contribution < -0.4 is 5.32 Å². The van der Waals surface area contributed by atoms with Crippen LogP contribution in [0.3, 0.4) is 0 Å². The van der Waals surface area contributed by atoms with E-state index >= 15 is 0 Å². The summed E-state index contributed by atoms with van der Waals surface area (Å²) in [6, 6.07) is 6.87. The summed E-state index contributed by atoms with van der Waals surface area (Å²) in [7, 11) is 0. The maximum atomic E-state index is 11.7. The van der Waals surface area contributed by atoms with E-state index in [9.17, 15) is 9.90 Å². The van der Waals surface area contributed by atoms with Crippen molar-refractivity contribution in [3.8, 4) is 5.75 Å². The molecule has 0 radical (unpaired) electrons. The van der Waals surface area contributed by atoms with Gasteiger partial charge in [-0.2, -0.15) is 0 Å². The van der Waals surface area contributed by atoms with E-state index in [2.05, 4.69) is 17.2 Å². The fourth-order valence-corrected chi connectivity index (χ4v) is 2.54. The third-order valence-electron chi connectivity index (χ3n) is 2.64. The highest BCUT2D eigenvalue weighted by molar-refractivity contribution is 8.13. The lowest BCUT2D eigenvalue weighted by atomic mass is 10.1. The van der Waals surface area contributed by atoms with Gasteiger partial charge in [0.1, 0.15) is 11.4 Å². The zero-order valence-electron chi connectivity index (χ0n) is 10.7. The minimum absolute atomic E-state index is 0.144. The van der Waals surface area contributed by atoms with Crippen LogP contribution in [0.4, 0.5) is 0 Å². The molecule has 0 spiro atoms. The fraction of sp³-hybridized carbons (Fsp3) is 0.286. The Kier molecular flexibility index (Phi) is 4.63. The highest BCUT2D eigenvalue weighted by Gasteiger charge is 2.20. The SMILES string of the molecule is CCCCSC1=N/C(=C\c2ccccc2O)C(=O)N1. The third-order valence-corrected chi connectivity index (χ3v) is 3.60. The van der Waals surface area contributed by atoms with Gasteiger partial charge in [0.2, 0.25) is 0 Å². The molecule has 0 unspecified atom stereocenters. The van der Waals surface area contributed by atoms with E-state index in [-0.39, 0.29) is 11.7 Å². The first-order chi connectivity index (χ1) is 9.20. The molecule has 100 valence electrons. The topological polar surface area (TPSA) is 61.7 Å². The molecule has 0 saturated heterocycles. The molecule has 1 amide bonds. The van der Waals surface area contributed by atoms with Gasteiger partial charge in [-0.3, -0.25) is 10.1 Å². The van der Waals surface area contributed by atoms with Crippen LogP contribution in [0, 0.1) is 0 Å². The van der Waals surface area contributed by atoms with Crippen molar-refractivity contribution in [3.63, 3.8) is 0 Å². The summed E-state index contributed by atoms with van der Waals surface area (Å²) in [5.41, 5.74) is 0.928. The minimum atomic E-state index is -0.220. The lowest BCUT2D eigenvalue weighted by molar-refractivity contribution is -0.115. The molecule has 5 heteroatoms. The normalized spacial score (nSPS) is 16.6. The zero-order chi connectivity index (χ0) is 13.7. The van der Waals surface area contributed by atoms with Gasteiger partial charge in [0, 0.05) is 11.3 Å². The number of benzene rings is 1. The lowest BCUT2D eigenvalue weighted by Gasteiger charge is -1.98. The first-order valence-electron chi connectivity index (χ1n) is 6.23. The van der Waals surface area contributed by atoms with E-state index in [1.54, 1.807) is 42.1 Å². The van der Waals surface area contributed by atoms with Crippen LogP contribution in [-0.2, 0) is 4.79 Å². The number of hydrogen-bond donors (Lipinski definition) is 2. The van der Waals surface area contributed by atoms with Gasteiger partial charge >= 0.3 is 0 Å². The number of aliphatic imine (C=N–C) groups is 1. The van der Waals surface area contributed by atoms with Crippen molar-refractivity contribution in [2.24, 2.45) is 4.99 Å². The number of thioether (sulfide) groups is 1.